The van der Waals surface area contributed by atoms with E-state index in [0.717, 1.165) is 71.7 Å². The number of imidazole rings is 1. The zero-order valence-electron chi connectivity index (χ0n) is 21.4. The highest BCUT2D eigenvalue weighted by atomic mass is 32.2. The fraction of sp³-hybridized carbons (Fsp3) is 0.258. The molecule has 6 nitrogen and oxygen atoms in total. The molecule has 1 aliphatic carbocycles. The summed E-state index contributed by atoms with van der Waals surface area (Å²) in [6, 6.07) is 23.5. The van der Waals surface area contributed by atoms with Crippen molar-refractivity contribution in [2.75, 3.05) is 18.1 Å². The fourth-order valence-electron chi connectivity index (χ4n) is 5.51. The Balaban J connectivity index is 1.20. The van der Waals surface area contributed by atoms with Crippen LogP contribution in [0.5, 0.6) is 5.75 Å². The lowest BCUT2D eigenvalue weighted by Crippen LogP contribution is -2.27. The van der Waals surface area contributed by atoms with Crippen molar-refractivity contribution in [3.8, 4) is 16.9 Å². The number of anilines is 1. The minimum atomic E-state index is 0.636. The van der Waals surface area contributed by atoms with Crippen LogP contribution < -0.4 is 9.64 Å². The highest BCUT2D eigenvalue weighted by Gasteiger charge is 2.25. The highest BCUT2D eigenvalue weighted by molar-refractivity contribution is 7.98. The maximum Gasteiger partial charge on any atom is 0.190 e. The fourth-order valence-corrected chi connectivity index (χ4v) is 6.32. The topological polar surface area (TPSA) is 66.9 Å². The molecule has 1 N–H and O–H groups in total. The van der Waals surface area contributed by atoms with Crippen LogP contribution >= 0.6 is 11.8 Å². The number of hydrogen-bond acceptors (Lipinski definition) is 6. The molecule has 190 valence electrons. The number of fused-ring (bicyclic) bond motifs is 3. The van der Waals surface area contributed by atoms with E-state index in [0.29, 0.717) is 6.61 Å². The Labute approximate surface area is 226 Å². The number of nitrogens with zero attached hydrogens (tertiary/aromatic N) is 4. The van der Waals surface area contributed by atoms with Crippen molar-refractivity contribution in [3.63, 3.8) is 0 Å². The molecular weight excluding hydrogens is 490 g/mol. The van der Waals surface area contributed by atoms with Crippen molar-refractivity contribution in [2.24, 2.45) is 0 Å². The van der Waals surface area contributed by atoms with Gasteiger partial charge in [0.2, 0.25) is 0 Å². The Morgan fingerprint density at radius 2 is 1.82 bits per heavy atom. The van der Waals surface area contributed by atoms with Crippen molar-refractivity contribution in [1.82, 2.24) is 19.9 Å². The largest absolute Gasteiger partial charge is 0.491 e. The zero-order chi connectivity index (χ0) is 25.5. The summed E-state index contributed by atoms with van der Waals surface area (Å²) in [5.74, 6) is 3.84. The molecule has 7 heteroatoms. The first kappa shape index (κ1) is 23.3. The molecule has 0 atom stereocenters. The van der Waals surface area contributed by atoms with Crippen molar-refractivity contribution in [1.29, 1.82) is 0 Å². The van der Waals surface area contributed by atoms with E-state index in [1.54, 1.807) is 11.8 Å². The molecule has 3 aromatic carbocycles. The summed E-state index contributed by atoms with van der Waals surface area (Å²) in [4.78, 5) is 20.4. The predicted molar refractivity (Wildman–Crippen MR) is 153 cm³/mol. The molecule has 0 bridgehead atoms. The average molecular weight is 520 g/mol. The summed E-state index contributed by atoms with van der Waals surface area (Å²) in [5, 5.41) is 0.867. The quantitative estimate of drug-likeness (QED) is 0.211. The molecule has 38 heavy (non-hydrogen) atoms. The van der Waals surface area contributed by atoms with Gasteiger partial charge in [0, 0.05) is 23.4 Å². The van der Waals surface area contributed by atoms with Gasteiger partial charge >= 0.3 is 0 Å². The van der Waals surface area contributed by atoms with E-state index in [-0.39, 0.29) is 0 Å². The van der Waals surface area contributed by atoms with Crippen LogP contribution in [0.2, 0.25) is 0 Å². The number of ether oxygens (including phenoxy) is 1. The first-order chi connectivity index (χ1) is 18.7. The van der Waals surface area contributed by atoms with E-state index in [2.05, 4.69) is 81.6 Å². The zero-order valence-corrected chi connectivity index (χ0v) is 22.2. The maximum atomic E-state index is 6.21. The molecule has 1 aliphatic heterocycles. The first-order valence-electron chi connectivity index (χ1n) is 13.2. The Morgan fingerprint density at radius 1 is 0.947 bits per heavy atom. The average Bonchev–Trinajstić information content (AvgIpc) is 3.51. The number of H-pyrrole nitrogens is 1. The van der Waals surface area contributed by atoms with Gasteiger partial charge in [-0.1, -0.05) is 54.2 Å². The van der Waals surface area contributed by atoms with Crippen molar-refractivity contribution < 1.29 is 4.74 Å². The van der Waals surface area contributed by atoms with E-state index in [4.69, 9.17) is 14.7 Å². The number of rotatable bonds is 5. The van der Waals surface area contributed by atoms with Gasteiger partial charge in [-0.25, -0.2) is 15.0 Å². The molecule has 0 spiro atoms. The van der Waals surface area contributed by atoms with E-state index in [9.17, 15) is 0 Å². The van der Waals surface area contributed by atoms with Gasteiger partial charge in [-0.3, -0.25) is 0 Å². The van der Waals surface area contributed by atoms with Crippen LogP contribution in [-0.2, 0) is 25.1 Å². The molecule has 2 aliphatic rings. The number of benzene rings is 3. The van der Waals surface area contributed by atoms with Gasteiger partial charge < -0.3 is 14.6 Å². The van der Waals surface area contributed by atoms with Gasteiger partial charge in [0.25, 0.3) is 0 Å². The number of aromatic amines is 1. The van der Waals surface area contributed by atoms with Crippen LogP contribution in [0.4, 0.5) is 5.82 Å². The summed E-state index contributed by atoms with van der Waals surface area (Å²) in [7, 11) is 0. The molecule has 5 aromatic rings. The molecule has 0 amide bonds. The SMILES string of the molecule is Cc1nc2ccc(-c3ccc4c(c3)CN(c3nc(SCc5ccccc5)nc5c3CCC5)CCO4)cc2[nH]1. The third-order valence-electron chi connectivity index (χ3n) is 7.38. The molecule has 0 radical (unpaired) electrons. The smallest absolute Gasteiger partial charge is 0.190 e. The van der Waals surface area contributed by atoms with Crippen LogP contribution in [-0.4, -0.2) is 33.1 Å². The second-order valence-electron chi connectivity index (χ2n) is 10.0. The standard InChI is InChI=1S/C31H29N5OS/c1-20-32-27-12-10-23(17-28(27)33-20)22-11-13-29-24(16-22)18-36(14-15-37-29)30-25-8-5-9-26(25)34-31(35-30)38-19-21-6-3-2-4-7-21/h2-4,6-7,10-13,16-17H,5,8-9,14-15,18-19H2,1H3,(H,32,33). The molecule has 0 fully saturated rings. The summed E-state index contributed by atoms with van der Waals surface area (Å²) >= 11 is 1.72. The molecule has 7 rings (SSSR count). The molecule has 0 saturated carbocycles. The molecule has 0 unspecified atom stereocenters. The normalized spacial score (nSPS) is 14.7. The number of nitrogens with one attached hydrogen (secondary N) is 1. The lowest BCUT2D eigenvalue weighted by Gasteiger charge is -2.24. The first-order valence-corrected chi connectivity index (χ1v) is 14.2. The maximum absolute atomic E-state index is 6.21. The van der Waals surface area contributed by atoms with Gasteiger partial charge in [-0.15, -0.1) is 0 Å². The van der Waals surface area contributed by atoms with Crippen molar-refractivity contribution in [2.45, 2.75) is 43.6 Å². The number of aryl methyl sites for hydroxylation is 2. The second-order valence-corrected chi connectivity index (χ2v) is 11.0. The highest BCUT2D eigenvalue weighted by Crippen LogP contribution is 2.36. The van der Waals surface area contributed by atoms with Crippen LogP contribution in [0.3, 0.4) is 0 Å². The minimum Gasteiger partial charge on any atom is -0.491 e. The van der Waals surface area contributed by atoms with Crippen LogP contribution in [0.25, 0.3) is 22.2 Å². The Hall–Kier alpha value is -3.84. The lowest BCUT2D eigenvalue weighted by atomic mass is 10.0. The number of aromatic nitrogens is 4. The van der Waals surface area contributed by atoms with E-state index < -0.39 is 0 Å². The molecule has 2 aromatic heterocycles. The third kappa shape index (κ3) is 4.52. The minimum absolute atomic E-state index is 0.636. The van der Waals surface area contributed by atoms with E-state index in [1.807, 2.05) is 6.92 Å². The number of thioether (sulfide) groups is 1. The molecule has 3 heterocycles. The van der Waals surface area contributed by atoms with Gasteiger partial charge in [0.05, 0.1) is 23.3 Å². The van der Waals surface area contributed by atoms with Crippen LogP contribution in [0, 0.1) is 6.92 Å². The predicted octanol–water partition coefficient (Wildman–Crippen LogP) is 6.51. The number of hydrogen-bond donors (Lipinski definition) is 1. The van der Waals surface area contributed by atoms with E-state index >= 15 is 0 Å². The van der Waals surface area contributed by atoms with Crippen LogP contribution in [0.1, 0.15) is 34.6 Å². The summed E-state index contributed by atoms with van der Waals surface area (Å²) in [6.45, 7) is 4.19. The van der Waals surface area contributed by atoms with Gasteiger partial charge in [-0.05, 0) is 67.1 Å². The Morgan fingerprint density at radius 3 is 2.74 bits per heavy atom. The Kier molecular flexibility index (Phi) is 6.01. The lowest BCUT2D eigenvalue weighted by molar-refractivity contribution is 0.331. The molecule has 0 saturated heterocycles. The molecular formula is C31H29N5OS. The summed E-state index contributed by atoms with van der Waals surface area (Å²) < 4.78 is 6.21. The van der Waals surface area contributed by atoms with Gasteiger partial charge in [-0.2, -0.15) is 0 Å². The Bertz CT molecular complexity index is 1630. The monoisotopic (exact) mass is 519 g/mol. The van der Waals surface area contributed by atoms with Crippen molar-refractivity contribution >= 4 is 28.6 Å². The second kappa shape index (κ2) is 9.80. The van der Waals surface area contributed by atoms with E-state index in [1.165, 1.54) is 33.5 Å². The van der Waals surface area contributed by atoms with Gasteiger partial charge in [0.1, 0.15) is 24.0 Å². The third-order valence-corrected chi connectivity index (χ3v) is 8.29. The summed E-state index contributed by atoms with van der Waals surface area (Å²) in [6.07, 6.45) is 3.22. The summed E-state index contributed by atoms with van der Waals surface area (Å²) in [5.41, 5.74) is 9.40. The van der Waals surface area contributed by atoms with Gasteiger partial charge in [0.15, 0.2) is 5.16 Å². The van der Waals surface area contributed by atoms with Crippen LogP contribution in [0.15, 0.2) is 71.9 Å². The van der Waals surface area contributed by atoms with Crippen molar-refractivity contribution in [3.05, 3.63) is 94.9 Å².